The second kappa shape index (κ2) is 7.01. The molecule has 0 aromatic heterocycles. The Bertz CT molecular complexity index is 545. The first-order chi connectivity index (χ1) is 11.2. The van der Waals surface area contributed by atoms with Crippen molar-refractivity contribution in [2.75, 3.05) is 18.0 Å². The molecule has 0 bridgehead atoms. The van der Waals surface area contributed by atoms with E-state index in [4.69, 9.17) is 0 Å². The van der Waals surface area contributed by atoms with Crippen LogP contribution < -0.4 is 4.90 Å². The van der Waals surface area contributed by atoms with E-state index in [1.54, 1.807) is 0 Å². The van der Waals surface area contributed by atoms with Crippen molar-refractivity contribution >= 4 is 5.69 Å². The number of hydrogen-bond acceptors (Lipinski definition) is 2. The smallest absolute Gasteiger partial charge is 0.385 e. The maximum atomic E-state index is 13.9. The van der Waals surface area contributed by atoms with Crippen LogP contribution in [-0.4, -0.2) is 36.2 Å². The predicted molar refractivity (Wildman–Crippen MR) is 80.1 cm³/mol. The van der Waals surface area contributed by atoms with Crippen LogP contribution in [0.4, 0.5) is 36.4 Å². The van der Waals surface area contributed by atoms with E-state index in [0.717, 1.165) is 6.92 Å². The fourth-order valence-corrected chi connectivity index (χ4v) is 2.56. The molecule has 25 heavy (non-hydrogen) atoms. The summed E-state index contributed by atoms with van der Waals surface area (Å²) in [6, 6.07) is 5.30. The van der Waals surface area contributed by atoms with Crippen molar-refractivity contribution in [2.24, 2.45) is 0 Å². The van der Waals surface area contributed by atoms with Crippen LogP contribution in [0.2, 0.25) is 0 Å². The van der Waals surface area contributed by atoms with E-state index in [9.17, 15) is 35.8 Å². The van der Waals surface area contributed by atoms with Crippen LogP contribution >= 0.6 is 0 Å². The Labute approximate surface area is 141 Å². The van der Waals surface area contributed by atoms with Crippen LogP contribution in [0.1, 0.15) is 32.8 Å². The highest BCUT2D eigenvalue weighted by Crippen LogP contribution is 2.51. The van der Waals surface area contributed by atoms with Crippen LogP contribution in [0.25, 0.3) is 0 Å². The third-order valence-electron chi connectivity index (χ3n) is 4.10. The molecule has 0 aliphatic carbocycles. The highest BCUT2D eigenvalue weighted by Gasteiger charge is 2.73. The minimum Gasteiger partial charge on any atom is -0.385 e. The molecule has 0 spiro atoms. The molecular formula is C16H20F7NO. The van der Waals surface area contributed by atoms with Crippen molar-refractivity contribution in [1.29, 1.82) is 0 Å². The van der Waals surface area contributed by atoms with Gasteiger partial charge in [-0.25, -0.2) is 4.39 Å². The summed E-state index contributed by atoms with van der Waals surface area (Å²) in [5.74, 6) is 0. The van der Waals surface area contributed by atoms with E-state index in [0.29, 0.717) is 18.8 Å². The molecule has 1 aromatic rings. The Balaban J connectivity index is 3.19. The van der Waals surface area contributed by atoms with Gasteiger partial charge in [0.1, 0.15) is 0 Å². The molecular weight excluding hydrogens is 355 g/mol. The Morgan fingerprint density at radius 3 is 1.56 bits per heavy atom. The van der Waals surface area contributed by atoms with Crippen LogP contribution in [-0.2, 0) is 5.60 Å². The summed E-state index contributed by atoms with van der Waals surface area (Å²) in [5.41, 5.74) is -7.73. The molecule has 2 nitrogen and oxygen atoms in total. The Hall–Kier alpha value is -1.51. The van der Waals surface area contributed by atoms with Gasteiger partial charge in [0.05, 0.1) is 5.60 Å². The van der Waals surface area contributed by atoms with E-state index in [2.05, 4.69) is 0 Å². The summed E-state index contributed by atoms with van der Waals surface area (Å²) in [6.07, 6.45) is -14.6. The number of benzene rings is 1. The van der Waals surface area contributed by atoms with Gasteiger partial charge in [0.25, 0.3) is 0 Å². The minimum atomic E-state index is -6.20. The average Bonchev–Trinajstić information content (AvgIpc) is 2.46. The lowest BCUT2D eigenvalue weighted by Gasteiger charge is -2.36. The number of anilines is 1. The van der Waals surface area contributed by atoms with Crippen LogP contribution in [0.5, 0.6) is 0 Å². The number of hydrogen-bond donors (Lipinski definition) is 1. The minimum absolute atomic E-state index is 0.237. The highest BCUT2D eigenvalue weighted by atomic mass is 19.4. The van der Waals surface area contributed by atoms with E-state index in [1.807, 2.05) is 18.7 Å². The lowest BCUT2D eigenvalue weighted by molar-refractivity contribution is -0.352. The first-order valence-corrected chi connectivity index (χ1v) is 7.60. The molecule has 0 aliphatic rings. The van der Waals surface area contributed by atoms with E-state index in [1.165, 1.54) is 24.3 Å². The van der Waals surface area contributed by atoms with Gasteiger partial charge in [0, 0.05) is 25.2 Å². The van der Waals surface area contributed by atoms with Crippen LogP contribution in [0.15, 0.2) is 24.3 Å². The second-order valence-electron chi connectivity index (χ2n) is 5.97. The van der Waals surface area contributed by atoms with Crippen molar-refractivity contribution in [3.05, 3.63) is 29.8 Å². The molecule has 1 N–H and O–H groups in total. The number of nitrogens with zero attached hydrogens (tertiary/aromatic N) is 1. The van der Waals surface area contributed by atoms with Gasteiger partial charge in [-0.2, -0.15) is 26.3 Å². The zero-order valence-corrected chi connectivity index (χ0v) is 14.0. The van der Waals surface area contributed by atoms with Gasteiger partial charge in [0.15, 0.2) is 0 Å². The molecule has 0 radical (unpaired) electrons. The molecule has 0 aliphatic heterocycles. The SMILES string of the molecule is CCN(CC)c1ccc(C(C)(O)CC(F)(C(F)(F)F)C(F)(F)F)cc1. The summed E-state index contributed by atoms with van der Waals surface area (Å²) < 4.78 is 90.1. The number of halogens is 7. The molecule has 0 saturated carbocycles. The summed E-state index contributed by atoms with van der Waals surface area (Å²) in [5, 5.41) is 10.1. The maximum Gasteiger partial charge on any atom is 0.431 e. The number of alkyl halides is 7. The lowest BCUT2D eigenvalue weighted by Crippen LogP contribution is -2.56. The standard InChI is InChI=1S/C16H20F7NO/c1-4-24(5-2)12-8-6-11(7-9-12)13(3,25)10-14(17,15(18,19)20)16(21,22)23/h6-9,25H,4-5,10H2,1-3H3. The van der Waals surface area contributed by atoms with Crippen molar-refractivity contribution in [3.8, 4) is 0 Å². The normalized spacial score (nSPS) is 15.8. The molecule has 9 heteroatoms. The van der Waals surface area contributed by atoms with E-state index >= 15 is 0 Å². The van der Waals surface area contributed by atoms with Crippen molar-refractivity contribution < 1.29 is 35.8 Å². The number of rotatable bonds is 6. The van der Waals surface area contributed by atoms with Gasteiger partial charge in [-0.05, 0) is 38.5 Å². The molecule has 0 fully saturated rings. The van der Waals surface area contributed by atoms with Gasteiger partial charge in [-0.15, -0.1) is 0 Å². The summed E-state index contributed by atoms with van der Waals surface area (Å²) >= 11 is 0. The Morgan fingerprint density at radius 1 is 0.840 bits per heavy atom. The Kier molecular flexibility index (Phi) is 6.04. The topological polar surface area (TPSA) is 23.5 Å². The predicted octanol–water partition coefficient (Wildman–Crippen LogP) is 4.96. The molecule has 1 atom stereocenters. The van der Waals surface area contributed by atoms with Crippen molar-refractivity contribution in [2.45, 2.75) is 50.8 Å². The molecule has 1 aromatic carbocycles. The lowest BCUT2D eigenvalue weighted by atomic mass is 9.83. The molecule has 0 amide bonds. The Morgan fingerprint density at radius 2 is 1.24 bits per heavy atom. The third-order valence-corrected chi connectivity index (χ3v) is 4.10. The van der Waals surface area contributed by atoms with Crippen LogP contribution in [0.3, 0.4) is 0 Å². The van der Waals surface area contributed by atoms with Gasteiger partial charge in [-0.1, -0.05) is 12.1 Å². The summed E-state index contributed by atoms with van der Waals surface area (Å²) in [4.78, 5) is 1.89. The molecule has 0 saturated heterocycles. The zero-order valence-electron chi connectivity index (χ0n) is 14.0. The van der Waals surface area contributed by atoms with Gasteiger partial charge >= 0.3 is 18.0 Å². The first-order valence-electron chi connectivity index (χ1n) is 7.60. The van der Waals surface area contributed by atoms with Crippen molar-refractivity contribution in [1.82, 2.24) is 0 Å². The van der Waals surface area contributed by atoms with Gasteiger partial charge in [0.2, 0.25) is 0 Å². The van der Waals surface area contributed by atoms with E-state index in [-0.39, 0.29) is 5.56 Å². The average molecular weight is 375 g/mol. The summed E-state index contributed by atoms with van der Waals surface area (Å²) in [7, 11) is 0. The zero-order chi connectivity index (χ0) is 19.7. The first kappa shape index (κ1) is 21.5. The van der Waals surface area contributed by atoms with E-state index < -0.39 is 30.0 Å². The monoisotopic (exact) mass is 375 g/mol. The fourth-order valence-electron chi connectivity index (χ4n) is 2.56. The molecule has 0 heterocycles. The molecule has 1 rings (SSSR count). The quantitative estimate of drug-likeness (QED) is 0.710. The number of aliphatic hydroxyl groups is 1. The largest absolute Gasteiger partial charge is 0.431 e. The molecule has 1 unspecified atom stereocenters. The van der Waals surface area contributed by atoms with Gasteiger partial charge < -0.3 is 10.0 Å². The van der Waals surface area contributed by atoms with Gasteiger partial charge in [-0.3, -0.25) is 0 Å². The molecule has 144 valence electrons. The maximum absolute atomic E-state index is 13.9. The van der Waals surface area contributed by atoms with Crippen LogP contribution in [0, 0.1) is 0 Å². The second-order valence-corrected chi connectivity index (χ2v) is 5.97. The third kappa shape index (κ3) is 4.37. The highest BCUT2D eigenvalue weighted by molar-refractivity contribution is 5.48. The fraction of sp³-hybridized carbons (Fsp3) is 0.625. The summed E-state index contributed by atoms with van der Waals surface area (Å²) in [6.45, 7) is 5.75. The van der Waals surface area contributed by atoms with Crippen molar-refractivity contribution in [3.63, 3.8) is 0 Å².